The van der Waals surface area contributed by atoms with Gasteiger partial charge in [0, 0.05) is 36.7 Å². The molecule has 0 aliphatic rings. The van der Waals surface area contributed by atoms with Gasteiger partial charge in [0.25, 0.3) is 0 Å². The van der Waals surface area contributed by atoms with Crippen molar-refractivity contribution in [1.82, 2.24) is 15.3 Å². The standard InChI is InChI=1S/C17H24N4/c1-4-9-18-11-15-12-19-17(20-13-15)21(5-2)16-8-6-7-14(3)10-16/h6-8,10,12-13,18H,4-5,9,11H2,1-3H3. The van der Waals surface area contributed by atoms with Gasteiger partial charge in [0.1, 0.15) is 0 Å². The van der Waals surface area contributed by atoms with E-state index in [9.17, 15) is 0 Å². The van der Waals surface area contributed by atoms with Gasteiger partial charge in [-0.2, -0.15) is 0 Å². The Bertz CT molecular complexity index is 551. The average Bonchev–Trinajstić information content (AvgIpc) is 2.50. The van der Waals surface area contributed by atoms with Crippen molar-refractivity contribution in [3.05, 3.63) is 47.8 Å². The van der Waals surface area contributed by atoms with Gasteiger partial charge in [0.2, 0.25) is 5.95 Å². The van der Waals surface area contributed by atoms with Gasteiger partial charge in [0.15, 0.2) is 0 Å². The van der Waals surface area contributed by atoms with E-state index < -0.39 is 0 Å². The van der Waals surface area contributed by atoms with Crippen LogP contribution in [-0.2, 0) is 6.54 Å². The van der Waals surface area contributed by atoms with E-state index in [0.29, 0.717) is 0 Å². The molecule has 0 aliphatic carbocycles. The molecule has 1 aromatic carbocycles. The molecular weight excluding hydrogens is 260 g/mol. The number of anilines is 2. The second-order valence-corrected chi connectivity index (χ2v) is 5.15. The van der Waals surface area contributed by atoms with E-state index in [2.05, 4.69) is 65.2 Å². The van der Waals surface area contributed by atoms with Gasteiger partial charge in [-0.3, -0.25) is 0 Å². The number of nitrogens with zero attached hydrogens (tertiary/aromatic N) is 3. The van der Waals surface area contributed by atoms with Gasteiger partial charge in [0.05, 0.1) is 0 Å². The molecule has 0 amide bonds. The molecular formula is C17H24N4. The monoisotopic (exact) mass is 284 g/mol. The Hall–Kier alpha value is -1.94. The first-order valence-electron chi connectivity index (χ1n) is 7.60. The van der Waals surface area contributed by atoms with Crippen LogP contribution in [0.3, 0.4) is 0 Å². The second-order valence-electron chi connectivity index (χ2n) is 5.15. The fraction of sp³-hybridized carbons (Fsp3) is 0.412. The van der Waals surface area contributed by atoms with Crippen LogP contribution in [0.1, 0.15) is 31.4 Å². The minimum absolute atomic E-state index is 0.752. The predicted molar refractivity (Wildman–Crippen MR) is 87.9 cm³/mol. The number of hydrogen-bond acceptors (Lipinski definition) is 4. The third kappa shape index (κ3) is 4.26. The van der Waals surface area contributed by atoms with Gasteiger partial charge in [-0.1, -0.05) is 19.1 Å². The topological polar surface area (TPSA) is 41.1 Å². The fourth-order valence-corrected chi connectivity index (χ4v) is 2.22. The first-order chi connectivity index (χ1) is 10.2. The lowest BCUT2D eigenvalue weighted by Crippen LogP contribution is -2.19. The summed E-state index contributed by atoms with van der Waals surface area (Å²) in [6.07, 6.45) is 4.95. The smallest absolute Gasteiger partial charge is 0.229 e. The summed E-state index contributed by atoms with van der Waals surface area (Å²) in [6, 6.07) is 8.41. The molecule has 0 fully saturated rings. The van der Waals surface area contributed by atoms with Gasteiger partial charge in [-0.15, -0.1) is 0 Å². The Kier molecular flexibility index (Phi) is 5.69. The van der Waals surface area contributed by atoms with E-state index >= 15 is 0 Å². The minimum Gasteiger partial charge on any atom is -0.313 e. The molecule has 0 aliphatic heterocycles. The molecule has 0 saturated heterocycles. The molecule has 4 heteroatoms. The Morgan fingerprint density at radius 3 is 2.52 bits per heavy atom. The molecule has 1 heterocycles. The van der Waals surface area contributed by atoms with Crippen molar-refractivity contribution in [2.24, 2.45) is 0 Å². The van der Waals surface area contributed by atoms with Crippen molar-refractivity contribution >= 4 is 11.6 Å². The molecule has 4 nitrogen and oxygen atoms in total. The average molecular weight is 284 g/mol. The Morgan fingerprint density at radius 1 is 1.14 bits per heavy atom. The fourth-order valence-electron chi connectivity index (χ4n) is 2.22. The lowest BCUT2D eigenvalue weighted by atomic mass is 10.2. The maximum Gasteiger partial charge on any atom is 0.229 e. The summed E-state index contributed by atoms with van der Waals surface area (Å²) in [5, 5.41) is 3.36. The molecule has 2 rings (SSSR count). The van der Waals surface area contributed by atoms with E-state index in [0.717, 1.165) is 43.3 Å². The predicted octanol–water partition coefficient (Wildman–Crippen LogP) is 3.44. The molecule has 0 spiro atoms. The Morgan fingerprint density at radius 2 is 1.90 bits per heavy atom. The van der Waals surface area contributed by atoms with Crippen LogP contribution < -0.4 is 10.2 Å². The van der Waals surface area contributed by atoms with E-state index in [1.807, 2.05) is 12.4 Å². The van der Waals surface area contributed by atoms with Crippen molar-refractivity contribution in [2.45, 2.75) is 33.7 Å². The summed E-state index contributed by atoms with van der Waals surface area (Å²) in [4.78, 5) is 11.1. The molecule has 0 radical (unpaired) electrons. The van der Waals surface area contributed by atoms with Gasteiger partial charge < -0.3 is 10.2 Å². The number of nitrogens with one attached hydrogen (secondary N) is 1. The molecule has 112 valence electrons. The van der Waals surface area contributed by atoms with Crippen LogP contribution in [0.5, 0.6) is 0 Å². The van der Waals surface area contributed by atoms with Crippen LogP contribution >= 0.6 is 0 Å². The molecule has 0 bridgehead atoms. The van der Waals surface area contributed by atoms with Gasteiger partial charge in [-0.25, -0.2) is 9.97 Å². The first-order valence-corrected chi connectivity index (χ1v) is 7.60. The highest BCUT2D eigenvalue weighted by Crippen LogP contribution is 2.22. The highest BCUT2D eigenvalue weighted by Gasteiger charge is 2.10. The quantitative estimate of drug-likeness (QED) is 0.791. The molecule has 0 unspecified atom stereocenters. The lowest BCUT2D eigenvalue weighted by molar-refractivity contribution is 0.671. The van der Waals surface area contributed by atoms with Gasteiger partial charge in [-0.05, 0) is 44.5 Å². The number of aromatic nitrogens is 2. The summed E-state index contributed by atoms with van der Waals surface area (Å²) in [7, 11) is 0. The Labute approximate surface area is 127 Å². The molecule has 1 N–H and O–H groups in total. The first kappa shape index (κ1) is 15.4. The maximum absolute atomic E-state index is 4.51. The van der Waals surface area contributed by atoms with E-state index in [1.165, 1.54) is 5.56 Å². The Balaban J connectivity index is 2.12. The zero-order valence-corrected chi connectivity index (χ0v) is 13.1. The summed E-state index contributed by atoms with van der Waals surface area (Å²) in [6.45, 7) is 9.06. The highest BCUT2D eigenvalue weighted by atomic mass is 15.2. The van der Waals surface area contributed by atoms with Crippen molar-refractivity contribution in [3.8, 4) is 0 Å². The lowest BCUT2D eigenvalue weighted by Gasteiger charge is -2.21. The van der Waals surface area contributed by atoms with Crippen LogP contribution in [0.25, 0.3) is 0 Å². The largest absolute Gasteiger partial charge is 0.313 e. The number of rotatable bonds is 7. The van der Waals surface area contributed by atoms with E-state index in [4.69, 9.17) is 0 Å². The van der Waals surface area contributed by atoms with Crippen LogP contribution in [0, 0.1) is 6.92 Å². The summed E-state index contributed by atoms with van der Waals surface area (Å²) in [5.41, 5.74) is 3.49. The summed E-state index contributed by atoms with van der Waals surface area (Å²) in [5.74, 6) is 0.752. The zero-order valence-electron chi connectivity index (χ0n) is 13.1. The number of hydrogen-bond donors (Lipinski definition) is 1. The molecule has 0 saturated carbocycles. The molecule has 0 atom stereocenters. The van der Waals surface area contributed by atoms with Crippen molar-refractivity contribution < 1.29 is 0 Å². The van der Waals surface area contributed by atoms with E-state index in [1.54, 1.807) is 0 Å². The third-order valence-corrected chi connectivity index (χ3v) is 3.32. The van der Waals surface area contributed by atoms with Crippen LogP contribution in [0.15, 0.2) is 36.7 Å². The van der Waals surface area contributed by atoms with Crippen LogP contribution in [0.2, 0.25) is 0 Å². The molecule has 2 aromatic rings. The third-order valence-electron chi connectivity index (χ3n) is 3.32. The normalized spacial score (nSPS) is 10.6. The maximum atomic E-state index is 4.51. The number of aryl methyl sites for hydroxylation is 1. The minimum atomic E-state index is 0.752. The summed E-state index contributed by atoms with van der Waals surface area (Å²) < 4.78 is 0. The van der Waals surface area contributed by atoms with Crippen molar-refractivity contribution in [2.75, 3.05) is 18.0 Å². The zero-order chi connectivity index (χ0) is 15.1. The van der Waals surface area contributed by atoms with Crippen LogP contribution in [0.4, 0.5) is 11.6 Å². The number of benzene rings is 1. The van der Waals surface area contributed by atoms with Crippen LogP contribution in [-0.4, -0.2) is 23.1 Å². The second kappa shape index (κ2) is 7.74. The SMILES string of the molecule is CCCNCc1cnc(N(CC)c2cccc(C)c2)nc1. The van der Waals surface area contributed by atoms with Crippen molar-refractivity contribution in [1.29, 1.82) is 0 Å². The molecule has 21 heavy (non-hydrogen) atoms. The summed E-state index contributed by atoms with van der Waals surface area (Å²) >= 11 is 0. The van der Waals surface area contributed by atoms with E-state index in [-0.39, 0.29) is 0 Å². The highest BCUT2D eigenvalue weighted by molar-refractivity contribution is 5.57. The van der Waals surface area contributed by atoms with Crippen molar-refractivity contribution in [3.63, 3.8) is 0 Å². The molecule has 1 aromatic heterocycles. The van der Waals surface area contributed by atoms with Gasteiger partial charge >= 0.3 is 0 Å².